The van der Waals surface area contributed by atoms with Gasteiger partial charge in [0.25, 0.3) is 5.69 Å². The molecule has 1 aromatic heterocycles. The molecule has 0 fully saturated rings. The Bertz CT molecular complexity index is 747. The van der Waals surface area contributed by atoms with Crippen LogP contribution in [0.25, 0.3) is 22.2 Å². The quantitative estimate of drug-likeness (QED) is 0.555. The van der Waals surface area contributed by atoms with E-state index in [-0.39, 0.29) is 5.69 Å². The van der Waals surface area contributed by atoms with Gasteiger partial charge < -0.3 is 4.98 Å². The SMILES string of the molecule is O=[N+]([O-])c1ccc(Cl)c(-c2cc3ccccc3[nH]2)c1. The Kier molecular flexibility index (Phi) is 2.72. The molecular formula is C14H9ClN2O2. The van der Waals surface area contributed by atoms with Crippen LogP contribution >= 0.6 is 11.6 Å². The Morgan fingerprint density at radius 3 is 2.63 bits per heavy atom. The van der Waals surface area contributed by atoms with E-state index in [2.05, 4.69) is 4.98 Å². The minimum Gasteiger partial charge on any atom is -0.354 e. The second-order valence-electron chi connectivity index (χ2n) is 4.19. The van der Waals surface area contributed by atoms with Gasteiger partial charge in [-0.2, -0.15) is 0 Å². The second-order valence-corrected chi connectivity index (χ2v) is 4.60. The van der Waals surface area contributed by atoms with Crippen LogP contribution in [0.15, 0.2) is 48.5 Å². The lowest BCUT2D eigenvalue weighted by Crippen LogP contribution is -1.89. The summed E-state index contributed by atoms with van der Waals surface area (Å²) in [5, 5.41) is 12.3. The average molecular weight is 273 g/mol. The van der Waals surface area contributed by atoms with Gasteiger partial charge in [0.2, 0.25) is 0 Å². The van der Waals surface area contributed by atoms with E-state index in [0.29, 0.717) is 10.6 Å². The molecule has 0 radical (unpaired) electrons. The molecule has 5 heteroatoms. The van der Waals surface area contributed by atoms with E-state index in [1.165, 1.54) is 12.1 Å². The molecule has 0 unspecified atom stereocenters. The van der Waals surface area contributed by atoms with Gasteiger partial charge in [0, 0.05) is 34.3 Å². The summed E-state index contributed by atoms with van der Waals surface area (Å²) >= 11 is 6.12. The highest BCUT2D eigenvalue weighted by atomic mass is 35.5. The predicted molar refractivity (Wildman–Crippen MR) is 75.4 cm³/mol. The van der Waals surface area contributed by atoms with Gasteiger partial charge in [-0.25, -0.2) is 0 Å². The highest BCUT2D eigenvalue weighted by molar-refractivity contribution is 6.33. The summed E-state index contributed by atoms with van der Waals surface area (Å²) < 4.78 is 0. The first kappa shape index (κ1) is 11.7. The van der Waals surface area contributed by atoms with E-state index < -0.39 is 4.92 Å². The molecule has 2 aromatic carbocycles. The van der Waals surface area contributed by atoms with Gasteiger partial charge in [-0.1, -0.05) is 29.8 Å². The predicted octanol–water partition coefficient (Wildman–Crippen LogP) is 4.40. The average Bonchev–Trinajstić information content (AvgIpc) is 2.82. The normalized spacial score (nSPS) is 10.8. The van der Waals surface area contributed by atoms with E-state index in [4.69, 9.17) is 11.6 Å². The third-order valence-corrected chi connectivity index (χ3v) is 3.31. The summed E-state index contributed by atoms with van der Waals surface area (Å²) in [6, 6.07) is 14.1. The minimum absolute atomic E-state index is 0.0260. The molecule has 0 aliphatic carbocycles. The Balaban J connectivity index is 2.20. The van der Waals surface area contributed by atoms with Crippen molar-refractivity contribution in [2.45, 2.75) is 0 Å². The molecule has 19 heavy (non-hydrogen) atoms. The fraction of sp³-hybridized carbons (Fsp3) is 0. The fourth-order valence-electron chi connectivity index (χ4n) is 2.05. The van der Waals surface area contributed by atoms with E-state index >= 15 is 0 Å². The summed E-state index contributed by atoms with van der Waals surface area (Å²) in [6.45, 7) is 0. The Labute approximate surface area is 113 Å². The van der Waals surface area contributed by atoms with Gasteiger partial charge in [0.05, 0.1) is 9.95 Å². The van der Waals surface area contributed by atoms with Crippen molar-refractivity contribution in [1.29, 1.82) is 0 Å². The highest BCUT2D eigenvalue weighted by Gasteiger charge is 2.12. The topological polar surface area (TPSA) is 58.9 Å². The van der Waals surface area contributed by atoms with Crippen molar-refractivity contribution in [3.8, 4) is 11.3 Å². The van der Waals surface area contributed by atoms with Gasteiger partial charge in [-0.15, -0.1) is 0 Å². The van der Waals surface area contributed by atoms with E-state index in [1.807, 2.05) is 30.3 Å². The number of nitrogens with one attached hydrogen (secondary N) is 1. The monoisotopic (exact) mass is 272 g/mol. The number of halogens is 1. The maximum absolute atomic E-state index is 10.8. The first-order valence-corrected chi connectivity index (χ1v) is 6.05. The maximum Gasteiger partial charge on any atom is 0.270 e. The number of H-pyrrole nitrogens is 1. The van der Waals surface area contributed by atoms with Crippen LogP contribution in [0.2, 0.25) is 5.02 Å². The van der Waals surface area contributed by atoms with Crippen LogP contribution in [-0.2, 0) is 0 Å². The molecule has 0 aliphatic heterocycles. The Hall–Kier alpha value is -2.33. The number of benzene rings is 2. The fourth-order valence-corrected chi connectivity index (χ4v) is 2.27. The molecule has 1 N–H and O–H groups in total. The molecule has 0 atom stereocenters. The maximum atomic E-state index is 10.8. The van der Waals surface area contributed by atoms with Crippen molar-refractivity contribution < 1.29 is 4.92 Å². The number of non-ortho nitro benzene ring substituents is 1. The van der Waals surface area contributed by atoms with Crippen LogP contribution in [0.1, 0.15) is 0 Å². The zero-order chi connectivity index (χ0) is 13.4. The number of fused-ring (bicyclic) bond motifs is 1. The first-order valence-electron chi connectivity index (χ1n) is 5.67. The molecule has 0 bridgehead atoms. The Morgan fingerprint density at radius 2 is 1.89 bits per heavy atom. The molecule has 3 aromatic rings. The third-order valence-electron chi connectivity index (χ3n) is 2.98. The lowest BCUT2D eigenvalue weighted by molar-refractivity contribution is -0.384. The number of nitro benzene ring substituents is 1. The lowest BCUT2D eigenvalue weighted by Gasteiger charge is -2.01. The molecule has 0 aliphatic rings. The van der Waals surface area contributed by atoms with Crippen LogP contribution < -0.4 is 0 Å². The van der Waals surface area contributed by atoms with Crippen LogP contribution in [0.5, 0.6) is 0 Å². The van der Waals surface area contributed by atoms with Crippen molar-refractivity contribution in [3.05, 3.63) is 63.7 Å². The molecule has 0 spiro atoms. The lowest BCUT2D eigenvalue weighted by atomic mass is 10.1. The summed E-state index contributed by atoms with van der Waals surface area (Å²) in [7, 11) is 0. The number of nitro groups is 1. The smallest absolute Gasteiger partial charge is 0.270 e. The Morgan fingerprint density at radius 1 is 1.11 bits per heavy atom. The molecule has 0 amide bonds. The molecule has 94 valence electrons. The van der Waals surface area contributed by atoms with E-state index in [0.717, 1.165) is 16.6 Å². The number of aromatic amines is 1. The van der Waals surface area contributed by atoms with Gasteiger partial charge in [-0.3, -0.25) is 10.1 Å². The minimum atomic E-state index is -0.428. The van der Waals surface area contributed by atoms with Gasteiger partial charge in [-0.05, 0) is 18.2 Å². The molecule has 3 rings (SSSR count). The third kappa shape index (κ3) is 2.06. The van der Waals surface area contributed by atoms with Crippen LogP contribution in [0, 0.1) is 10.1 Å². The molecule has 1 heterocycles. The van der Waals surface area contributed by atoms with Gasteiger partial charge in [0.1, 0.15) is 0 Å². The second kappa shape index (κ2) is 4.40. The molecule has 4 nitrogen and oxygen atoms in total. The molecule has 0 saturated carbocycles. The van der Waals surface area contributed by atoms with Crippen molar-refractivity contribution in [1.82, 2.24) is 4.98 Å². The summed E-state index contributed by atoms with van der Waals surface area (Å²) in [5.74, 6) is 0. The zero-order valence-electron chi connectivity index (χ0n) is 9.76. The summed E-state index contributed by atoms with van der Waals surface area (Å²) in [4.78, 5) is 13.6. The molecule has 0 saturated heterocycles. The van der Waals surface area contributed by atoms with Crippen molar-refractivity contribution >= 4 is 28.2 Å². The van der Waals surface area contributed by atoms with Crippen molar-refractivity contribution in [2.75, 3.05) is 0 Å². The largest absolute Gasteiger partial charge is 0.354 e. The first-order chi connectivity index (χ1) is 9.15. The van der Waals surface area contributed by atoms with Crippen LogP contribution in [-0.4, -0.2) is 9.91 Å². The van der Waals surface area contributed by atoms with Crippen molar-refractivity contribution in [3.63, 3.8) is 0 Å². The zero-order valence-corrected chi connectivity index (χ0v) is 10.5. The number of aromatic nitrogens is 1. The van der Waals surface area contributed by atoms with Crippen molar-refractivity contribution in [2.24, 2.45) is 0 Å². The van der Waals surface area contributed by atoms with Gasteiger partial charge in [0.15, 0.2) is 0 Å². The number of nitrogens with zero attached hydrogens (tertiary/aromatic N) is 1. The number of hydrogen-bond acceptors (Lipinski definition) is 2. The molecular weight excluding hydrogens is 264 g/mol. The van der Waals surface area contributed by atoms with Crippen LogP contribution in [0.3, 0.4) is 0 Å². The van der Waals surface area contributed by atoms with E-state index in [1.54, 1.807) is 6.07 Å². The van der Waals surface area contributed by atoms with Gasteiger partial charge >= 0.3 is 0 Å². The van der Waals surface area contributed by atoms with E-state index in [9.17, 15) is 10.1 Å². The number of hydrogen-bond donors (Lipinski definition) is 1. The van der Waals surface area contributed by atoms with Crippen LogP contribution in [0.4, 0.5) is 5.69 Å². The number of rotatable bonds is 2. The standard InChI is InChI=1S/C14H9ClN2O2/c15-12-6-5-10(17(18)19)8-11(12)14-7-9-3-1-2-4-13(9)16-14/h1-8,16H. The highest BCUT2D eigenvalue weighted by Crippen LogP contribution is 2.32. The summed E-state index contributed by atoms with van der Waals surface area (Å²) in [6.07, 6.45) is 0. The summed E-state index contributed by atoms with van der Waals surface area (Å²) in [5.41, 5.74) is 2.40. The number of para-hydroxylation sites is 1.